The summed E-state index contributed by atoms with van der Waals surface area (Å²) in [6.07, 6.45) is 1.68. The summed E-state index contributed by atoms with van der Waals surface area (Å²) in [7, 11) is 0. The number of hydrogen-bond acceptors (Lipinski definition) is 4. The van der Waals surface area contributed by atoms with E-state index in [1.807, 2.05) is 18.2 Å². The average molecular weight is 264 g/mol. The second-order valence-corrected chi connectivity index (χ2v) is 4.50. The fourth-order valence-corrected chi connectivity index (χ4v) is 2.18. The molecule has 4 nitrogen and oxygen atoms in total. The predicted molar refractivity (Wildman–Crippen MR) is 66.9 cm³/mol. The fourth-order valence-electron chi connectivity index (χ4n) is 1.38. The largest absolute Gasteiger partial charge is 0.304 e. The summed E-state index contributed by atoms with van der Waals surface area (Å²) in [6.45, 7) is 0. The van der Waals surface area contributed by atoms with Crippen molar-refractivity contribution in [3.63, 3.8) is 0 Å². The first-order chi connectivity index (χ1) is 8.66. The molecule has 92 valence electrons. The summed E-state index contributed by atoms with van der Waals surface area (Å²) in [5.74, 6) is -0.287. The van der Waals surface area contributed by atoms with E-state index >= 15 is 0 Å². The number of nitro groups is 1. The van der Waals surface area contributed by atoms with Gasteiger partial charge in [0, 0.05) is 18.0 Å². The third-order valence-electron chi connectivity index (χ3n) is 2.23. The molecule has 0 N–H and O–H groups in total. The molecule has 0 radical (unpaired) electrons. The molecule has 18 heavy (non-hydrogen) atoms. The molecule has 0 aliphatic rings. The van der Waals surface area contributed by atoms with Gasteiger partial charge in [-0.05, 0) is 23.8 Å². The van der Waals surface area contributed by atoms with Crippen LogP contribution in [-0.2, 0) is 5.75 Å². The van der Waals surface area contributed by atoms with E-state index in [0.29, 0.717) is 11.3 Å². The number of aromatic nitrogens is 1. The van der Waals surface area contributed by atoms with Gasteiger partial charge < -0.3 is 0 Å². The fraction of sp³-hybridized carbons (Fsp3) is 0.0833. The number of pyridine rings is 1. The van der Waals surface area contributed by atoms with E-state index in [1.54, 1.807) is 12.3 Å². The SMILES string of the molecule is O=[N+]([O-])c1ccc(CSc2ccccn2)cc1F. The van der Waals surface area contributed by atoms with Gasteiger partial charge in [0.25, 0.3) is 0 Å². The number of thioether (sulfide) groups is 1. The molecule has 0 aliphatic heterocycles. The Hall–Kier alpha value is -1.95. The van der Waals surface area contributed by atoms with Crippen LogP contribution in [0.25, 0.3) is 0 Å². The molecular weight excluding hydrogens is 255 g/mol. The van der Waals surface area contributed by atoms with Crippen molar-refractivity contribution >= 4 is 17.4 Å². The van der Waals surface area contributed by atoms with Crippen LogP contribution in [0, 0.1) is 15.9 Å². The summed E-state index contributed by atoms with van der Waals surface area (Å²) >= 11 is 1.45. The minimum absolute atomic E-state index is 0.499. The molecule has 1 aromatic heterocycles. The van der Waals surface area contributed by atoms with Gasteiger partial charge >= 0.3 is 5.69 Å². The first-order valence-electron chi connectivity index (χ1n) is 5.13. The van der Waals surface area contributed by atoms with Gasteiger partial charge in [-0.25, -0.2) is 4.98 Å². The van der Waals surface area contributed by atoms with Gasteiger partial charge in [-0.15, -0.1) is 11.8 Å². The molecule has 0 amide bonds. The average Bonchev–Trinajstić information content (AvgIpc) is 2.37. The summed E-state index contributed by atoms with van der Waals surface area (Å²) in [5, 5.41) is 11.3. The number of halogens is 1. The van der Waals surface area contributed by atoms with Crippen molar-refractivity contribution in [2.75, 3.05) is 0 Å². The Balaban J connectivity index is 2.07. The second-order valence-electron chi connectivity index (χ2n) is 3.50. The molecular formula is C12H9FN2O2S. The van der Waals surface area contributed by atoms with Gasteiger partial charge in [0.2, 0.25) is 5.82 Å². The van der Waals surface area contributed by atoms with Crippen molar-refractivity contribution in [2.24, 2.45) is 0 Å². The van der Waals surface area contributed by atoms with E-state index in [4.69, 9.17) is 0 Å². The summed E-state index contributed by atoms with van der Waals surface area (Å²) in [6, 6.07) is 9.46. The van der Waals surface area contributed by atoms with Crippen LogP contribution in [0.1, 0.15) is 5.56 Å². The Bertz CT molecular complexity index is 563. The van der Waals surface area contributed by atoms with Crippen LogP contribution in [0.4, 0.5) is 10.1 Å². The molecule has 0 atom stereocenters. The number of rotatable bonds is 4. The molecule has 0 bridgehead atoms. The summed E-state index contributed by atoms with van der Waals surface area (Å²) in [5.41, 5.74) is 0.190. The van der Waals surface area contributed by atoms with Crippen LogP contribution in [-0.4, -0.2) is 9.91 Å². The highest BCUT2D eigenvalue weighted by Crippen LogP contribution is 2.24. The van der Waals surface area contributed by atoms with E-state index in [1.165, 1.54) is 23.9 Å². The highest BCUT2D eigenvalue weighted by atomic mass is 32.2. The highest BCUT2D eigenvalue weighted by Gasteiger charge is 2.13. The number of nitrogens with zero attached hydrogens (tertiary/aromatic N) is 2. The lowest BCUT2D eigenvalue weighted by Crippen LogP contribution is -1.93. The van der Waals surface area contributed by atoms with Crippen molar-refractivity contribution in [1.29, 1.82) is 0 Å². The van der Waals surface area contributed by atoms with Crippen LogP contribution in [0.3, 0.4) is 0 Å². The number of hydrogen-bond donors (Lipinski definition) is 0. The molecule has 2 rings (SSSR count). The second kappa shape index (κ2) is 5.59. The van der Waals surface area contributed by atoms with Crippen LogP contribution in [0.2, 0.25) is 0 Å². The normalized spacial score (nSPS) is 10.3. The quantitative estimate of drug-likeness (QED) is 0.482. The van der Waals surface area contributed by atoms with Crippen molar-refractivity contribution in [1.82, 2.24) is 4.98 Å². The molecule has 6 heteroatoms. The Morgan fingerprint density at radius 2 is 2.17 bits per heavy atom. The molecule has 0 saturated heterocycles. The lowest BCUT2D eigenvalue weighted by molar-refractivity contribution is -0.387. The maximum atomic E-state index is 13.4. The topological polar surface area (TPSA) is 56.0 Å². The zero-order valence-corrected chi connectivity index (χ0v) is 10.1. The summed E-state index contributed by atoms with van der Waals surface area (Å²) in [4.78, 5) is 13.9. The van der Waals surface area contributed by atoms with E-state index in [0.717, 1.165) is 5.03 Å². The predicted octanol–water partition coefficient (Wildman–Crippen LogP) is 3.42. The van der Waals surface area contributed by atoms with Crippen LogP contribution in [0.15, 0.2) is 47.6 Å². The zero-order valence-electron chi connectivity index (χ0n) is 9.25. The Kier molecular flexibility index (Phi) is 3.88. The van der Waals surface area contributed by atoms with Crippen LogP contribution < -0.4 is 0 Å². The van der Waals surface area contributed by atoms with Gasteiger partial charge in [0.05, 0.1) is 9.95 Å². The van der Waals surface area contributed by atoms with Crippen molar-refractivity contribution in [3.05, 3.63) is 64.1 Å². The lowest BCUT2D eigenvalue weighted by atomic mass is 10.2. The zero-order chi connectivity index (χ0) is 13.0. The third-order valence-corrected chi connectivity index (χ3v) is 3.25. The van der Waals surface area contributed by atoms with Crippen molar-refractivity contribution < 1.29 is 9.31 Å². The van der Waals surface area contributed by atoms with E-state index < -0.39 is 16.4 Å². The van der Waals surface area contributed by atoms with Crippen LogP contribution in [0.5, 0.6) is 0 Å². The van der Waals surface area contributed by atoms with E-state index in [2.05, 4.69) is 4.98 Å². The van der Waals surface area contributed by atoms with Gasteiger partial charge in [0.15, 0.2) is 0 Å². The van der Waals surface area contributed by atoms with Gasteiger partial charge in [0.1, 0.15) is 0 Å². The first-order valence-corrected chi connectivity index (χ1v) is 6.12. The molecule has 1 heterocycles. The van der Waals surface area contributed by atoms with Crippen molar-refractivity contribution in [2.45, 2.75) is 10.8 Å². The number of benzene rings is 1. The Morgan fingerprint density at radius 1 is 1.33 bits per heavy atom. The van der Waals surface area contributed by atoms with E-state index in [9.17, 15) is 14.5 Å². The summed E-state index contributed by atoms with van der Waals surface area (Å²) < 4.78 is 13.4. The maximum Gasteiger partial charge on any atom is 0.304 e. The Morgan fingerprint density at radius 3 is 2.78 bits per heavy atom. The molecule has 0 spiro atoms. The molecule has 0 fully saturated rings. The molecule has 0 aliphatic carbocycles. The third kappa shape index (κ3) is 3.04. The first kappa shape index (κ1) is 12.5. The minimum atomic E-state index is -0.806. The maximum absolute atomic E-state index is 13.4. The smallest absolute Gasteiger partial charge is 0.258 e. The van der Waals surface area contributed by atoms with Gasteiger partial charge in [-0.3, -0.25) is 10.1 Å². The minimum Gasteiger partial charge on any atom is -0.258 e. The number of nitro benzene ring substituents is 1. The molecule has 2 aromatic rings. The van der Waals surface area contributed by atoms with Gasteiger partial charge in [-0.1, -0.05) is 12.1 Å². The lowest BCUT2D eigenvalue weighted by Gasteiger charge is -2.01. The van der Waals surface area contributed by atoms with Crippen molar-refractivity contribution in [3.8, 4) is 0 Å². The highest BCUT2D eigenvalue weighted by molar-refractivity contribution is 7.98. The Labute approximate surface area is 107 Å². The van der Waals surface area contributed by atoms with E-state index in [-0.39, 0.29) is 0 Å². The molecule has 0 saturated carbocycles. The van der Waals surface area contributed by atoms with Gasteiger partial charge in [-0.2, -0.15) is 4.39 Å². The molecule has 1 aromatic carbocycles. The molecule has 0 unspecified atom stereocenters. The standard InChI is InChI=1S/C12H9FN2O2S/c13-10-7-9(4-5-11(10)15(16)17)8-18-12-3-1-2-6-14-12/h1-7H,8H2. The monoisotopic (exact) mass is 264 g/mol. The van der Waals surface area contributed by atoms with Crippen LogP contribution >= 0.6 is 11.8 Å².